The first-order chi connectivity index (χ1) is 5.77. The van der Waals surface area contributed by atoms with Crippen LogP contribution in [0.1, 0.15) is 5.56 Å². The van der Waals surface area contributed by atoms with E-state index >= 15 is 0 Å². The molecular weight excluding hydrogens is 210 g/mol. The molecule has 0 saturated carbocycles. The normalized spacial score (nSPS) is 10.5. The van der Waals surface area contributed by atoms with E-state index in [4.69, 9.17) is 11.6 Å². The molecule has 0 fully saturated rings. The minimum atomic E-state index is 0.586. The smallest absolute Gasteiger partial charge is 0.140 e. The van der Waals surface area contributed by atoms with Crippen molar-refractivity contribution in [2.24, 2.45) is 0 Å². The van der Waals surface area contributed by atoms with Gasteiger partial charge in [0.05, 0.1) is 4.88 Å². The van der Waals surface area contributed by atoms with Crippen molar-refractivity contribution in [3.63, 3.8) is 0 Å². The van der Waals surface area contributed by atoms with Gasteiger partial charge in [-0.15, -0.1) is 22.7 Å². The highest BCUT2D eigenvalue weighted by atomic mass is 35.5. The molecule has 0 unspecified atom stereocenters. The Hall–Kier alpha value is -0.380. The van der Waals surface area contributed by atoms with Crippen LogP contribution < -0.4 is 0 Å². The summed E-state index contributed by atoms with van der Waals surface area (Å²) in [5.41, 5.74) is 1.27. The average molecular weight is 216 g/mol. The molecule has 0 bridgehead atoms. The van der Waals surface area contributed by atoms with Crippen LogP contribution in [0.4, 0.5) is 0 Å². The number of thiophene rings is 1. The first-order valence-electron chi connectivity index (χ1n) is 3.43. The van der Waals surface area contributed by atoms with Crippen LogP contribution in [0.25, 0.3) is 9.88 Å². The second-order valence-electron chi connectivity index (χ2n) is 2.41. The Kier molecular flexibility index (Phi) is 2.17. The summed E-state index contributed by atoms with van der Waals surface area (Å²) in [5, 5.41) is 5.53. The molecule has 0 aliphatic carbocycles. The molecule has 0 aliphatic rings. The topological polar surface area (TPSA) is 12.9 Å². The first-order valence-corrected chi connectivity index (χ1v) is 5.56. The maximum Gasteiger partial charge on any atom is 0.140 e. The zero-order valence-electron chi connectivity index (χ0n) is 6.37. The van der Waals surface area contributed by atoms with Gasteiger partial charge in [0.2, 0.25) is 0 Å². The molecule has 2 aromatic heterocycles. The number of rotatable bonds is 1. The summed E-state index contributed by atoms with van der Waals surface area (Å²) in [7, 11) is 0. The van der Waals surface area contributed by atoms with Crippen LogP contribution in [0.5, 0.6) is 0 Å². The fourth-order valence-corrected chi connectivity index (χ4v) is 3.00. The third kappa shape index (κ3) is 1.40. The lowest BCUT2D eigenvalue weighted by Crippen LogP contribution is -1.72. The highest BCUT2D eigenvalue weighted by molar-refractivity contribution is 7.20. The molecule has 0 spiro atoms. The van der Waals surface area contributed by atoms with Crippen LogP contribution in [-0.4, -0.2) is 4.98 Å². The lowest BCUT2D eigenvalue weighted by molar-refractivity contribution is 1.41. The summed E-state index contributed by atoms with van der Waals surface area (Å²) in [4.78, 5) is 5.44. The SMILES string of the molecule is Cc1ccsc1-c1nc(Cl)cs1. The lowest BCUT2D eigenvalue weighted by Gasteiger charge is -1.90. The average Bonchev–Trinajstić information content (AvgIpc) is 2.58. The Labute approximate surface area is 83.7 Å². The van der Waals surface area contributed by atoms with Gasteiger partial charge >= 0.3 is 0 Å². The number of thiazole rings is 1. The molecular formula is C8H6ClNS2. The van der Waals surface area contributed by atoms with E-state index < -0.39 is 0 Å². The minimum absolute atomic E-state index is 0.586. The van der Waals surface area contributed by atoms with Gasteiger partial charge < -0.3 is 0 Å². The predicted molar refractivity (Wildman–Crippen MR) is 55.2 cm³/mol. The Balaban J connectivity index is 2.50. The third-order valence-electron chi connectivity index (χ3n) is 1.53. The van der Waals surface area contributed by atoms with Crippen molar-refractivity contribution in [2.45, 2.75) is 6.92 Å². The molecule has 0 N–H and O–H groups in total. The third-order valence-corrected chi connectivity index (χ3v) is 3.87. The van der Waals surface area contributed by atoms with Crippen LogP contribution in [0.3, 0.4) is 0 Å². The van der Waals surface area contributed by atoms with Crippen molar-refractivity contribution in [1.29, 1.82) is 0 Å². The van der Waals surface area contributed by atoms with Crippen LogP contribution in [-0.2, 0) is 0 Å². The Morgan fingerprint density at radius 1 is 1.42 bits per heavy atom. The maximum atomic E-state index is 5.73. The van der Waals surface area contributed by atoms with E-state index in [1.54, 1.807) is 22.7 Å². The Morgan fingerprint density at radius 2 is 2.25 bits per heavy atom. The van der Waals surface area contributed by atoms with Crippen molar-refractivity contribution < 1.29 is 0 Å². The molecule has 0 atom stereocenters. The second kappa shape index (κ2) is 3.17. The minimum Gasteiger partial charge on any atom is -0.223 e. The van der Waals surface area contributed by atoms with Gasteiger partial charge in [-0.05, 0) is 23.9 Å². The van der Waals surface area contributed by atoms with Crippen molar-refractivity contribution in [1.82, 2.24) is 4.98 Å². The summed E-state index contributed by atoms with van der Waals surface area (Å²) in [6.45, 7) is 2.08. The molecule has 2 heterocycles. The Morgan fingerprint density at radius 3 is 2.75 bits per heavy atom. The van der Waals surface area contributed by atoms with E-state index in [1.807, 2.05) is 5.38 Å². The number of nitrogens with zero attached hydrogens (tertiary/aromatic N) is 1. The van der Waals surface area contributed by atoms with E-state index in [9.17, 15) is 0 Å². The van der Waals surface area contributed by atoms with Gasteiger partial charge in [0.15, 0.2) is 0 Å². The van der Waals surface area contributed by atoms with Gasteiger partial charge in [0.25, 0.3) is 0 Å². The molecule has 0 radical (unpaired) electrons. The summed E-state index contributed by atoms with van der Waals surface area (Å²) in [6, 6.07) is 2.09. The van der Waals surface area contributed by atoms with E-state index in [1.165, 1.54) is 10.4 Å². The van der Waals surface area contributed by atoms with Crippen LogP contribution in [0, 0.1) is 6.92 Å². The molecule has 0 saturated heterocycles. The van der Waals surface area contributed by atoms with Crippen molar-refractivity contribution in [3.8, 4) is 9.88 Å². The van der Waals surface area contributed by atoms with E-state index in [2.05, 4.69) is 23.4 Å². The van der Waals surface area contributed by atoms with Crippen LogP contribution in [0.15, 0.2) is 16.8 Å². The van der Waals surface area contributed by atoms with Crippen LogP contribution in [0.2, 0.25) is 5.15 Å². The molecule has 4 heteroatoms. The van der Waals surface area contributed by atoms with Crippen molar-refractivity contribution in [3.05, 3.63) is 27.5 Å². The monoisotopic (exact) mass is 215 g/mol. The van der Waals surface area contributed by atoms with Gasteiger partial charge in [-0.1, -0.05) is 11.6 Å². The number of hydrogen-bond acceptors (Lipinski definition) is 3. The van der Waals surface area contributed by atoms with Crippen molar-refractivity contribution >= 4 is 34.3 Å². The summed E-state index contributed by atoms with van der Waals surface area (Å²) < 4.78 is 0. The molecule has 2 aromatic rings. The summed E-state index contributed by atoms with van der Waals surface area (Å²) in [6.07, 6.45) is 0. The van der Waals surface area contributed by atoms with Crippen LogP contribution >= 0.6 is 34.3 Å². The standard InChI is InChI=1S/C8H6ClNS2/c1-5-2-3-11-7(5)8-10-6(9)4-12-8/h2-4H,1H3. The fraction of sp³-hybridized carbons (Fsp3) is 0.125. The summed E-state index contributed by atoms with van der Waals surface area (Å²) in [5.74, 6) is 0. The quantitative estimate of drug-likeness (QED) is 0.705. The van der Waals surface area contributed by atoms with E-state index in [-0.39, 0.29) is 0 Å². The van der Waals surface area contributed by atoms with Crippen molar-refractivity contribution in [2.75, 3.05) is 0 Å². The lowest BCUT2D eigenvalue weighted by atomic mass is 10.3. The second-order valence-corrected chi connectivity index (χ2v) is 4.57. The molecule has 0 aromatic carbocycles. The number of aromatic nitrogens is 1. The number of halogens is 1. The molecule has 62 valence electrons. The molecule has 0 aliphatic heterocycles. The van der Waals surface area contributed by atoms with Gasteiger partial charge in [0.1, 0.15) is 10.2 Å². The largest absolute Gasteiger partial charge is 0.223 e. The number of hydrogen-bond donors (Lipinski definition) is 0. The van der Waals surface area contributed by atoms with E-state index in [0.29, 0.717) is 5.15 Å². The van der Waals surface area contributed by atoms with E-state index in [0.717, 1.165) is 5.01 Å². The predicted octanol–water partition coefficient (Wildman–Crippen LogP) is 3.83. The van der Waals surface area contributed by atoms with Gasteiger partial charge in [-0.3, -0.25) is 0 Å². The molecule has 2 rings (SSSR count). The highest BCUT2D eigenvalue weighted by Crippen LogP contribution is 2.32. The van der Waals surface area contributed by atoms with Gasteiger partial charge in [-0.2, -0.15) is 0 Å². The number of aryl methyl sites for hydroxylation is 1. The first kappa shape index (κ1) is 8.23. The van der Waals surface area contributed by atoms with Gasteiger partial charge in [-0.25, -0.2) is 4.98 Å². The fourth-order valence-electron chi connectivity index (χ4n) is 0.950. The molecule has 1 nitrogen and oxygen atoms in total. The zero-order valence-corrected chi connectivity index (χ0v) is 8.76. The Bertz CT molecular complexity index is 391. The highest BCUT2D eigenvalue weighted by Gasteiger charge is 2.06. The molecule has 0 amide bonds. The zero-order chi connectivity index (χ0) is 8.55. The summed E-state index contributed by atoms with van der Waals surface area (Å²) >= 11 is 9.03. The maximum absolute atomic E-state index is 5.73. The molecule has 12 heavy (non-hydrogen) atoms. The van der Waals surface area contributed by atoms with Gasteiger partial charge in [0, 0.05) is 5.38 Å².